The number of aliphatic carboxylic acids is 1. The summed E-state index contributed by atoms with van der Waals surface area (Å²) >= 11 is 0. The van der Waals surface area contributed by atoms with Gasteiger partial charge in [0.2, 0.25) is 0 Å². The van der Waals surface area contributed by atoms with Gasteiger partial charge in [0.1, 0.15) is 11.4 Å². The Labute approximate surface area is 108 Å². The van der Waals surface area contributed by atoms with E-state index in [4.69, 9.17) is 9.84 Å². The molecule has 1 fully saturated rings. The molecule has 2 rings (SSSR count). The highest BCUT2D eigenvalue weighted by molar-refractivity contribution is 5.71. The molecule has 0 aliphatic heterocycles. The molecule has 0 amide bonds. The van der Waals surface area contributed by atoms with E-state index < -0.39 is 5.97 Å². The molecule has 1 N–H and O–H groups in total. The van der Waals surface area contributed by atoms with E-state index in [1.807, 2.05) is 24.3 Å². The topological polar surface area (TPSA) is 46.5 Å². The van der Waals surface area contributed by atoms with Gasteiger partial charge in [-0.25, -0.2) is 0 Å². The first kappa shape index (κ1) is 12.9. The fourth-order valence-electron chi connectivity index (χ4n) is 2.58. The van der Waals surface area contributed by atoms with Crippen molar-refractivity contribution in [3.8, 4) is 5.75 Å². The molecule has 98 valence electrons. The molecule has 1 saturated carbocycles. The number of carbonyl (C=O) groups is 1. The molecule has 18 heavy (non-hydrogen) atoms. The molecule has 1 aromatic carbocycles. The van der Waals surface area contributed by atoms with Crippen molar-refractivity contribution in [3.63, 3.8) is 0 Å². The van der Waals surface area contributed by atoms with E-state index in [0.717, 1.165) is 24.2 Å². The molecule has 0 spiro atoms. The maximum absolute atomic E-state index is 10.8. The molecule has 3 nitrogen and oxygen atoms in total. The van der Waals surface area contributed by atoms with Crippen molar-refractivity contribution in [2.45, 2.75) is 51.0 Å². The number of carboxylic acid groups (broad SMARTS) is 1. The van der Waals surface area contributed by atoms with Crippen LogP contribution in [0.1, 0.15) is 44.6 Å². The van der Waals surface area contributed by atoms with E-state index in [1.54, 1.807) is 0 Å². The zero-order valence-electron chi connectivity index (χ0n) is 10.8. The second kappa shape index (κ2) is 5.42. The number of rotatable bonds is 4. The van der Waals surface area contributed by atoms with Gasteiger partial charge in [0, 0.05) is 5.56 Å². The average molecular weight is 248 g/mol. The van der Waals surface area contributed by atoms with Crippen LogP contribution < -0.4 is 4.74 Å². The molecule has 3 heteroatoms. The Morgan fingerprint density at radius 1 is 1.28 bits per heavy atom. The van der Waals surface area contributed by atoms with Crippen molar-refractivity contribution in [2.24, 2.45) is 0 Å². The third-order valence-corrected chi connectivity index (χ3v) is 3.58. The van der Waals surface area contributed by atoms with Crippen LogP contribution in [0.25, 0.3) is 0 Å². The standard InChI is InChI=1S/C15H20O3/c1-15(9-5-2-6-10-15)18-13-8-4-3-7-12(13)11-14(16)17/h3-4,7-8H,2,5-6,9-11H2,1H3,(H,16,17). The third-order valence-electron chi connectivity index (χ3n) is 3.58. The monoisotopic (exact) mass is 248 g/mol. The summed E-state index contributed by atoms with van der Waals surface area (Å²) in [6, 6.07) is 7.45. The predicted molar refractivity (Wildman–Crippen MR) is 69.9 cm³/mol. The minimum Gasteiger partial charge on any atom is -0.487 e. The summed E-state index contributed by atoms with van der Waals surface area (Å²) in [7, 11) is 0. The zero-order chi connectivity index (χ0) is 13.0. The molecule has 0 heterocycles. The van der Waals surface area contributed by atoms with Crippen LogP contribution >= 0.6 is 0 Å². The van der Waals surface area contributed by atoms with Gasteiger partial charge in [-0.1, -0.05) is 24.6 Å². The molecule has 0 bridgehead atoms. The van der Waals surface area contributed by atoms with Crippen LogP contribution in [0, 0.1) is 0 Å². The van der Waals surface area contributed by atoms with Gasteiger partial charge in [-0.2, -0.15) is 0 Å². The summed E-state index contributed by atoms with van der Waals surface area (Å²) in [5.74, 6) is -0.0934. The summed E-state index contributed by atoms with van der Waals surface area (Å²) in [5, 5.41) is 8.91. The molecule has 1 aliphatic rings. The maximum atomic E-state index is 10.8. The first-order valence-corrected chi connectivity index (χ1v) is 6.58. The Balaban J connectivity index is 2.14. The van der Waals surface area contributed by atoms with Crippen LogP contribution in [0.3, 0.4) is 0 Å². The van der Waals surface area contributed by atoms with Crippen molar-refractivity contribution in [1.29, 1.82) is 0 Å². The molecule has 1 aliphatic carbocycles. The van der Waals surface area contributed by atoms with Crippen LogP contribution in [-0.2, 0) is 11.2 Å². The van der Waals surface area contributed by atoms with Gasteiger partial charge in [-0.15, -0.1) is 0 Å². The zero-order valence-corrected chi connectivity index (χ0v) is 10.8. The van der Waals surface area contributed by atoms with Crippen LogP contribution in [0.4, 0.5) is 0 Å². The Bertz CT molecular complexity index is 420. The lowest BCUT2D eigenvalue weighted by Crippen LogP contribution is -2.34. The van der Waals surface area contributed by atoms with Crippen LogP contribution in [0.2, 0.25) is 0 Å². The second-order valence-electron chi connectivity index (χ2n) is 5.29. The van der Waals surface area contributed by atoms with Crippen molar-refractivity contribution >= 4 is 5.97 Å². The van der Waals surface area contributed by atoms with Gasteiger partial charge in [-0.05, 0) is 38.7 Å². The fraction of sp³-hybridized carbons (Fsp3) is 0.533. The molecule has 0 unspecified atom stereocenters. The summed E-state index contributed by atoms with van der Waals surface area (Å²) in [5.41, 5.74) is 0.629. The average Bonchev–Trinajstić information content (AvgIpc) is 2.32. The summed E-state index contributed by atoms with van der Waals surface area (Å²) in [4.78, 5) is 10.8. The number of benzene rings is 1. The van der Waals surface area contributed by atoms with Crippen molar-refractivity contribution in [3.05, 3.63) is 29.8 Å². The minimum absolute atomic E-state index is 0.0201. The number of hydrogen-bond acceptors (Lipinski definition) is 2. The van der Waals surface area contributed by atoms with Gasteiger partial charge in [0.25, 0.3) is 0 Å². The van der Waals surface area contributed by atoms with E-state index in [0.29, 0.717) is 0 Å². The molecule has 0 saturated heterocycles. The van der Waals surface area contributed by atoms with Crippen LogP contribution in [-0.4, -0.2) is 16.7 Å². The van der Waals surface area contributed by atoms with Crippen molar-refractivity contribution < 1.29 is 14.6 Å². The SMILES string of the molecule is CC1(Oc2ccccc2CC(=O)O)CCCCC1. The van der Waals surface area contributed by atoms with Crippen LogP contribution in [0.15, 0.2) is 24.3 Å². The molecule has 0 radical (unpaired) electrons. The Morgan fingerprint density at radius 3 is 2.61 bits per heavy atom. The highest BCUT2D eigenvalue weighted by atomic mass is 16.5. The Morgan fingerprint density at radius 2 is 1.94 bits per heavy atom. The molecule has 0 aromatic heterocycles. The molecule has 1 aromatic rings. The third kappa shape index (κ3) is 3.25. The lowest BCUT2D eigenvalue weighted by Gasteiger charge is -2.34. The maximum Gasteiger partial charge on any atom is 0.307 e. The first-order valence-electron chi connectivity index (χ1n) is 6.58. The Hall–Kier alpha value is -1.51. The minimum atomic E-state index is -0.820. The van der Waals surface area contributed by atoms with Gasteiger partial charge in [0.05, 0.1) is 6.42 Å². The highest BCUT2D eigenvalue weighted by Crippen LogP contribution is 2.34. The number of para-hydroxylation sites is 1. The van der Waals surface area contributed by atoms with Gasteiger partial charge in [-0.3, -0.25) is 4.79 Å². The number of hydrogen-bond donors (Lipinski definition) is 1. The first-order chi connectivity index (χ1) is 8.59. The summed E-state index contributed by atoms with van der Waals surface area (Å²) < 4.78 is 6.11. The van der Waals surface area contributed by atoms with Gasteiger partial charge < -0.3 is 9.84 Å². The molecular formula is C15H20O3. The highest BCUT2D eigenvalue weighted by Gasteiger charge is 2.29. The Kier molecular flexibility index (Phi) is 3.90. The predicted octanol–water partition coefficient (Wildman–Crippen LogP) is 3.42. The fourth-order valence-corrected chi connectivity index (χ4v) is 2.58. The lowest BCUT2D eigenvalue weighted by atomic mass is 9.86. The van der Waals surface area contributed by atoms with E-state index in [-0.39, 0.29) is 12.0 Å². The largest absolute Gasteiger partial charge is 0.487 e. The van der Waals surface area contributed by atoms with Gasteiger partial charge >= 0.3 is 5.97 Å². The van der Waals surface area contributed by atoms with Gasteiger partial charge in [0.15, 0.2) is 0 Å². The lowest BCUT2D eigenvalue weighted by molar-refractivity contribution is -0.136. The van der Waals surface area contributed by atoms with Crippen molar-refractivity contribution in [2.75, 3.05) is 0 Å². The molecular weight excluding hydrogens is 228 g/mol. The smallest absolute Gasteiger partial charge is 0.307 e. The number of carboxylic acids is 1. The summed E-state index contributed by atoms with van der Waals surface area (Å²) in [6.45, 7) is 2.13. The number of ether oxygens (including phenoxy) is 1. The quantitative estimate of drug-likeness (QED) is 0.888. The van der Waals surface area contributed by atoms with E-state index in [1.165, 1.54) is 19.3 Å². The summed E-state index contributed by atoms with van der Waals surface area (Å²) in [6.07, 6.45) is 5.78. The van der Waals surface area contributed by atoms with Crippen LogP contribution in [0.5, 0.6) is 5.75 Å². The second-order valence-corrected chi connectivity index (χ2v) is 5.29. The normalized spacial score (nSPS) is 18.3. The van der Waals surface area contributed by atoms with Crippen molar-refractivity contribution in [1.82, 2.24) is 0 Å². The van der Waals surface area contributed by atoms with E-state index in [9.17, 15) is 4.79 Å². The van der Waals surface area contributed by atoms with E-state index in [2.05, 4.69) is 6.92 Å². The van der Waals surface area contributed by atoms with E-state index >= 15 is 0 Å². The molecule has 0 atom stereocenters.